The number of fused-ring (bicyclic) bond motifs is 1. The molecule has 1 aliphatic carbocycles. The van der Waals surface area contributed by atoms with Crippen LogP contribution in [0.1, 0.15) is 19.3 Å². The Hall–Kier alpha value is -0.850. The molecule has 0 atom stereocenters. The van der Waals surface area contributed by atoms with E-state index in [0.29, 0.717) is 0 Å². The Bertz CT molecular complexity index is 221. The Morgan fingerprint density at radius 2 is 2.40 bits per heavy atom. The Morgan fingerprint density at radius 1 is 1.40 bits per heavy atom. The minimum atomic E-state index is 1.04. The maximum absolute atomic E-state index is 4.45. The summed E-state index contributed by atoms with van der Waals surface area (Å²) in [6, 6.07) is 0. The average molecular weight is 133 g/mol. The van der Waals surface area contributed by atoms with Crippen molar-refractivity contribution in [2.45, 2.75) is 19.3 Å². The van der Waals surface area contributed by atoms with Gasteiger partial charge in [-0.1, -0.05) is 18.2 Å². The number of nitrogens with zero attached hydrogens (tertiary/aromatic N) is 1. The van der Waals surface area contributed by atoms with E-state index in [-0.39, 0.29) is 0 Å². The van der Waals surface area contributed by atoms with E-state index in [9.17, 15) is 0 Å². The van der Waals surface area contributed by atoms with Gasteiger partial charge in [-0.2, -0.15) is 0 Å². The lowest BCUT2D eigenvalue weighted by Crippen LogP contribution is -2.10. The summed E-state index contributed by atoms with van der Waals surface area (Å²) in [5.41, 5.74) is 2.79. The van der Waals surface area contributed by atoms with Gasteiger partial charge in [-0.05, 0) is 18.4 Å². The summed E-state index contributed by atoms with van der Waals surface area (Å²) in [6.07, 6.45) is 10.0. The largest absolute Gasteiger partial charge is 0.289 e. The third kappa shape index (κ3) is 0.919. The molecule has 1 heteroatoms. The first-order valence-electron chi connectivity index (χ1n) is 3.86. The first-order chi connectivity index (χ1) is 4.97. The minimum absolute atomic E-state index is 1.04. The zero-order valence-electron chi connectivity index (χ0n) is 6.01. The number of aliphatic imine (C=N–C) groups is 1. The molecule has 1 heterocycles. The molecule has 0 aromatic heterocycles. The summed E-state index contributed by atoms with van der Waals surface area (Å²) < 4.78 is 0. The molecule has 0 saturated carbocycles. The summed E-state index contributed by atoms with van der Waals surface area (Å²) in [5, 5.41) is 0. The lowest BCUT2D eigenvalue weighted by atomic mass is 9.96. The predicted molar refractivity (Wildman–Crippen MR) is 43.4 cm³/mol. The number of hydrogen-bond acceptors (Lipinski definition) is 1. The van der Waals surface area contributed by atoms with Crippen LogP contribution in [0.4, 0.5) is 0 Å². The molecule has 2 rings (SSSR count). The van der Waals surface area contributed by atoms with Gasteiger partial charge < -0.3 is 0 Å². The van der Waals surface area contributed by atoms with Gasteiger partial charge in [0.25, 0.3) is 0 Å². The van der Waals surface area contributed by atoms with E-state index >= 15 is 0 Å². The van der Waals surface area contributed by atoms with Crippen LogP contribution in [0.3, 0.4) is 0 Å². The molecule has 1 aliphatic heterocycles. The van der Waals surface area contributed by atoms with Crippen LogP contribution in [0.5, 0.6) is 0 Å². The zero-order valence-corrected chi connectivity index (χ0v) is 6.01. The monoisotopic (exact) mass is 133 g/mol. The van der Waals surface area contributed by atoms with E-state index in [1.54, 1.807) is 0 Å². The van der Waals surface area contributed by atoms with Gasteiger partial charge in [0.15, 0.2) is 0 Å². The maximum atomic E-state index is 4.45. The second kappa shape index (κ2) is 2.41. The highest BCUT2D eigenvalue weighted by molar-refractivity contribution is 6.02. The Kier molecular flexibility index (Phi) is 1.42. The first kappa shape index (κ1) is 5.90. The molecule has 0 aromatic carbocycles. The van der Waals surface area contributed by atoms with Crippen molar-refractivity contribution in [1.29, 1.82) is 0 Å². The van der Waals surface area contributed by atoms with Gasteiger partial charge >= 0.3 is 0 Å². The van der Waals surface area contributed by atoms with Gasteiger partial charge in [0.1, 0.15) is 0 Å². The van der Waals surface area contributed by atoms with Crippen LogP contribution in [0.15, 0.2) is 28.8 Å². The lowest BCUT2D eigenvalue weighted by Gasteiger charge is -2.16. The van der Waals surface area contributed by atoms with Crippen molar-refractivity contribution in [2.24, 2.45) is 4.99 Å². The molecular weight excluding hydrogens is 122 g/mol. The lowest BCUT2D eigenvalue weighted by molar-refractivity contribution is 0.807. The van der Waals surface area contributed by atoms with Gasteiger partial charge in [0.05, 0.1) is 0 Å². The van der Waals surface area contributed by atoms with Gasteiger partial charge in [0, 0.05) is 18.7 Å². The van der Waals surface area contributed by atoms with Gasteiger partial charge in [-0.15, -0.1) is 0 Å². The van der Waals surface area contributed by atoms with Gasteiger partial charge in [0.2, 0.25) is 0 Å². The summed E-state index contributed by atoms with van der Waals surface area (Å²) >= 11 is 0. The molecule has 2 aliphatic rings. The molecule has 0 N–H and O–H groups in total. The number of rotatable bonds is 0. The highest BCUT2D eigenvalue weighted by Gasteiger charge is 2.10. The molecule has 1 nitrogen and oxygen atoms in total. The molecule has 0 saturated heterocycles. The predicted octanol–water partition coefficient (Wildman–Crippen LogP) is 2.11. The van der Waals surface area contributed by atoms with Crippen molar-refractivity contribution in [3.63, 3.8) is 0 Å². The van der Waals surface area contributed by atoms with Crippen molar-refractivity contribution in [3.05, 3.63) is 23.8 Å². The second-order valence-corrected chi connectivity index (χ2v) is 2.76. The van der Waals surface area contributed by atoms with Crippen molar-refractivity contribution in [1.82, 2.24) is 0 Å². The van der Waals surface area contributed by atoms with Crippen LogP contribution in [0, 0.1) is 0 Å². The van der Waals surface area contributed by atoms with Crippen LogP contribution in [0.2, 0.25) is 0 Å². The standard InChI is InChI=1S/C9H11N/c1-2-6-9-8(4-1)5-3-7-10-9/h1-2,4H,3,5-7H2. The molecule has 0 fully saturated rings. The fraction of sp³-hybridized carbons (Fsp3) is 0.444. The van der Waals surface area contributed by atoms with E-state index in [1.165, 1.54) is 24.1 Å². The molecule has 0 unspecified atom stereocenters. The third-order valence-electron chi connectivity index (χ3n) is 2.02. The van der Waals surface area contributed by atoms with Gasteiger partial charge in [-0.25, -0.2) is 0 Å². The third-order valence-corrected chi connectivity index (χ3v) is 2.02. The highest BCUT2D eigenvalue weighted by Crippen LogP contribution is 2.19. The number of allylic oxidation sites excluding steroid dienone is 4. The molecule has 0 radical (unpaired) electrons. The van der Waals surface area contributed by atoms with E-state index in [0.717, 1.165) is 13.0 Å². The molecule has 52 valence electrons. The van der Waals surface area contributed by atoms with Crippen molar-refractivity contribution >= 4 is 5.71 Å². The number of hydrogen-bond donors (Lipinski definition) is 0. The van der Waals surface area contributed by atoms with E-state index in [1.807, 2.05) is 0 Å². The average Bonchev–Trinajstić information content (AvgIpc) is 2.05. The quantitative estimate of drug-likeness (QED) is 0.480. The van der Waals surface area contributed by atoms with E-state index in [2.05, 4.69) is 23.2 Å². The van der Waals surface area contributed by atoms with Crippen LogP contribution >= 0.6 is 0 Å². The molecule has 0 spiro atoms. The molecular formula is C9H11N. The smallest absolute Gasteiger partial charge is 0.0417 e. The van der Waals surface area contributed by atoms with Gasteiger partial charge in [-0.3, -0.25) is 4.99 Å². The van der Waals surface area contributed by atoms with E-state index in [4.69, 9.17) is 0 Å². The second-order valence-electron chi connectivity index (χ2n) is 2.76. The van der Waals surface area contributed by atoms with Crippen LogP contribution < -0.4 is 0 Å². The van der Waals surface area contributed by atoms with Crippen LogP contribution in [-0.4, -0.2) is 12.3 Å². The highest BCUT2D eigenvalue weighted by atomic mass is 14.7. The van der Waals surface area contributed by atoms with Crippen LogP contribution in [-0.2, 0) is 0 Å². The molecule has 0 bridgehead atoms. The normalized spacial score (nSPS) is 23.2. The summed E-state index contributed by atoms with van der Waals surface area (Å²) in [5.74, 6) is 0. The van der Waals surface area contributed by atoms with Crippen LogP contribution in [0.25, 0.3) is 0 Å². The summed E-state index contributed by atoms with van der Waals surface area (Å²) in [7, 11) is 0. The Balaban J connectivity index is 2.32. The first-order valence-corrected chi connectivity index (χ1v) is 3.86. The van der Waals surface area contributed by atoms with E-state index < -0.39 is 0 Å². The fourth-order valence-electron chi connectivity index (χ4n) is 1.47. The minimum Gasteiger partial charge on any atom is -0.289 e. The zero-order chi connectivity index (χ0) is 6.81. The fourth-order valence-corrected chi connectivity index (χ4v) is 1.47. The SMILES string of the molecule is C1=CCC2=NCCCC2=C1. The summed E-state index contributed by atoms with van der Waals surface area (Å²) in [6.45, 7) is 1.04. The topological polar surface area (TPSA) is 12.4 Å². The Labute approximate surface area is 61.2 Å². The van der Waals surface area contributed by atoms with Crippen molar-refractivity contribution in [3.8, 4) is 0 Å². The molecule has 10 heavy (non-hydrogen) atoms. The molecule has 0 aromatic rings. The Morgan fingerprint density at radius 3 is 3.30 bits per heavy atom. The van der Waals surface area contributed by atoms with Crippen molar-refractivity contribution in [2.75, 3.05) is 6.54 Å². The van der Waals surface area contributed by atoms with Crippen molar-refractivity contribution < 1.29 is 0 Å². The summed E-state index contributed by atoms with van der Waals surface area (Å²) in [4.78, 5) is 4.45. The maximum Gasteiger partial charge on any atom is 0.0417 e. The molecule has 0 amide bonds.